The van der Waals surface area contributed by atoms with Crippen LogP contribution in [-0.4, -0.2) is 13.7 Å². The number of methoxy groups -OCH3 is 1. The zero-order chi connectivity index (χ0) is 13.8. The molecule has 2 nitrogen and oxygen atoms in total. The van der Waals surface area contributed by atoms with E-state index in [-0.39, 0.29) is 5.38 Å². The lowest BCUT2D eigenvalue weighted by Gasteiger charge is -2.11. The Hall–Kier alpha value is -0.710. The molecule has 1 heterocycles. The standard InChI is InChI=1S/C14H14BrClO2S/c1-3-18-12-5-4-9(6-11(12)15)14(16)13-7-10(17-2)8-19-13/h4-8,14H,3H2,1-2H3. The molecule has 0 aliphatic heterocycles. The summed E-state index contributed by atoms with van der Waals surface area (Å²) in [6.45, 7) is 2.60. The minimum absolute atomic E-state index is 0.180. The molecule has 0 radical (unpaired) electrons. The first-order valence-corrected chi connectivity index (χ1v) is 7.95. The highest BCUT2D eigenvalue weighted by molar-refractivity contribution is 9.10. The van der Waals surface area contributed by atoms with Gasteiger partial charge in [0.05, 0.1) is 23.6 Å². The van der Waals surface area contributed by atoms with E-state index in [4.69, 9.17) is 21.1 Å². The molecule has 0 aliphatic rings. The summed E-state index contributed by atoms with van der Waals surface area (Å²) in [5.74, 6) is 1.68. The summed E-state index contributed by atoms with van der Waals surface area (Å²) in [7, 11) is 1.66. The first-order chi connectivity index (χ1) is 9.15. The van der Waals surface area contributed by atoms with Crippen molar-refractivity contribution in [2.75, 3.05) is 13.7 Å². The quantitative estimate of drug-likeness (QED) is 0.677. The largest absolute Gasteiger partial charge is 0.496 e. The van der Waals surface area contributed by atoms with Crippen molar-refractivity contribution in [3.05, 3.63) is 44.6 Å². The van der Waals surface area contributed by atoms with E-state index in [1.807, 2.05) is 36.6 Å². The number of hydrogen-bond acceptors (Lipinski definition) is 3. The third kappa shape index (κ3) is 3.44. The second kappa shape index (κ2) is 6.64. The molecule has 1 aromatic heterocycles. The van der Waals surface area contributed by atoms with Crippen LogP contribution < -0.4 is 9.47 Å². The van der Waals surface area contributed by atoms with Crippen LogP contribution >= 0.6 is 38.9 Å². The van der Waals surface area contributed by atoms with E-state index < -0.39 is 0 Å². The Kier molecular flexibility index (Phi) is 5.13. The molecule has 19 heavy (non-hydrogen) atoms. The molecule has 0 bridgehead atoms. The Morgan fingerprint density at radius 1 is 1.37 bits per heavy atom. The van der Waals surface area contributed by atoms with Crippen molar-refractivity contribution in [1.82, 2.24) is 0 Å². The minimum Gasteiger partial charge on any atom is -0.496 e. The van der Waals surface area contributed by atoms with Gasteiger partial charge in [-0.15, -0.1) is 22.9 Å². The van der Waals surface area contributed by atoms with Crippen LogP contribution in [0, 0.1) is 0 Å². The van der Waals surface area contributed by atoms with Gasteiger partial charge in [-0.05, 0) is 46.6 Å². The summed E-state index contributed by atoms with van der Waals surface area (Å²) < 4.78 is 11.6. The molecular weight excluding hydrogens is 348 g/mol. The normalized spacial score (nSPS) is 12.2. The van der Waals surface area contributed by atoms with Crippen molar-refractivity contribution < 1.29 is 9.47 Å². The molecule has 1 unspecified atom stereocenters. The fourth-order valence-corrected chi connectivity index (χ4v) is 3.41. The van der Waals surface area contributed by atoms with Crippen LogP contribution in [0.3, 0.4) is 0 Å². The monoisotopic (exact) mass is 360 g/mol. The molecular formula is C14H14BrClO2S. The van der Waals surface area contributed by atoms with E-state index in [2.05, 4.69) is 15.9 Å². The van der Waals surface area contributed by atoms with Crippen molar-refractivity contribution in [2.45, 2.75) is 12.3 Å². The first kappa shape index (κ1) is 14.7. The van der Waals surface area contributed by atoms with Gasteiger partial charge in [-0.25, -0.2) is 0 Å². The molecule has 0 saturated carbocycles. The predicted molar refractivity (Wildman–Crippen MR) is 83.9 cm³/mol. The highest BCUT2D eigenvalue weighted by atomic mass is 79.9. The van der Waals surface area contributed by atoms with Crippen LogP contribution in [-0.2, 0) is 0 Å². The van der Waals surface area contributed by atoms with Crippen LogP contribution in [0.1, 0.15) is 22.7 Å². The van der Waals surface area contributed by atoms with E-state index in [0.29, 0.717) is 6.61 Å². The maximum atomic E-state index is 6.50. The fraction of sp³-hybridized carbons (Fsp3) is 0.286. The Bertz CT molecular complexity index is 556. The summed E-state index contributed by atoms with van der Waals surface area (Å²) in [6, 6.07) is 7.88. The lowest BCUT2D eigenvalue weighted by Crippen LogP contribution is -1.95. The van der Waals surface area contributed by atoms with Gasteiger partial charge in [0.1, 0.15) is 11.5 Å². The summed E-state index contributed by atoms with van der Waals surface area (Å²) in [5.41, 5.74) is 1.03. The van der Waals surface area contributed by atoms with Gasteiger partial charge >= 0.3 is 0 Å². The van der Waals surface area contributed by atoms with E-state index in [0.717, 1.165) is 26.4 Å². The molecule has 0 spiro atoms. The van der Waals surface area contributed by atoms with Crippen molar-refractivity contribution in [3.8, 4) is 11.5 Å². The molecule has 1 aromatic carbocycles. The van der Waals surface area contributed by atoms with Crippen LogP contribution in [0.25, 0.3) is 0 Å². The Morgan fingerprint density at radius 2 is 2.16 bits per heavy atom. The number of halogens is 2. The molecule has 0 aliphatic carbocycles. The lowest BCUT2D eigenvalue weighted by atomic mass is 10.1. The average Bonchev–Trinajstić information content (AvgIpc) is 2.89. The second-order valence-electron chi connectivity index (χ2n) is 3.87. The van der Waals surface area contributed by atoms with Crippen molar-refractivity contribution in [1.29, 1.82) is 0 Å². The third-order valence-corrected chi connectivity index (χ3v) is 4.84. The summed E-state index contributed by atoms with van der Waals surface area (Å²) >= 11 is 11.6. The smallest absolute Gasteiger partial charge is 0.133 e. The first-order valence-electron chi connectivity index (χ1n) is 5.84. The maximum absolute atomic E-state index is 6.50. The zero-order valence-electron chi connectivity index (χ0n) is 10.7. The summed E-state index contributed by atoms with van der Waals surface area (Å²) in [4.78, 5) is 1.06. The molecule has 0 N–H and O–H groups in total. The van der Waals surface area contributed by atoms with Gasteiger partial charge < -0.3 is 9.47 Å². The number of alkyl halides is 1. The molecule has 1 atom stereocenters. The Labute approximate surface area is 130 Å². The summed E-state index contributed by atoms with van der Waals surface area (Å²) in [5, 5.41) is 1.77. The van der Waals surface area contributed by atoms with Crippen LogP contribution in [0.15, 0.2) is 34.1 Å². The van der Waals surface area contributed by atoms with Gasteiger partial charge in [0, 0.05) is 10.3 Å². The van der Waals surface area contributed by atoms with Gasteiger partial charge in [-0.2, -0.15) is 0 Å². The van der Waals surface area contributed by atoms with E-state index in [9.17, 15) is 0 Å². The lowest BCUT2D eigenvalue weighted by molar-refractivity contribution is 0.338. The highest BCUT2D eigenvalue weighted by Gasteiger charge is 2.15. The Balaban J connectivity index is 2.23. The summed E-state index contributed by atoms with van der Waals surface area (Å²) in [6.07, 6.45) is 0. The van der Waals surface area contributed by atoms with Gasteiger partial charge in [-0.1, -0.05) is 6.07 Å². The van der Waals surface area contributed by atoms with E-state index >= 15 is 0 Å². The third-order valence-electron chi connectivity index (χ3n) is 2.63. The number of benzene rings is 1. The molecule has 2 rings (SSSR count). The Morgan fingerprint density at radius 3 is 2.74 bits per heavy atom. The highest BCUT2D eigenvalue weighted by Crippen LogP contribution is 2.38. The van der Waals surface area contributed by atoms with Gasteiger partial charge in [-0.3, -0.25) is 0 Å². The number of hydrogen-bond donors (Lipinski definition) is 0. The maximum Gasteiger partial charge on any atom is 0.133 e. The fourth-order valence-electron chi connectivity index (χ4n) is 1.69. The van der Waals surface area contributed by atoms with Gasteiger partial charge in [0.15, 0.2) is 0 Å². The molecule has 5 heteroatoms. The number of ether oxygens (including phenoxy) is 2. The average molecular weight is 362 g/mol. The molecule has 102 valence electrons. The second-order valence-corrected chi connectivity index (χ2v) is 6.11. The molecule has 0 amide bonds. The van der Waals surface area contributed by atoms with Gasteiger partial charge in [0.25, 0.3) is 0 Å². The van der Waals surface area contributed by atoms with Crippen molar-refractivity contribution >= 4 is 38.9 Å². The number of rotatable bonds is 5. The van der Waals surface area contributed by atoms with Gasteiger partial charge in [0.2, 0.25) is 0 Å². The van der Waals surface area contributed by atoms with E-state index in [1.54, 1.807) is 18.4 Å². The van der Waals surface area contributed by atoms with Crippen LogP contribution in [0.5, 0.6) is 11.5 Å². The van der Waals surface area contributed by atoms with Crippen molar-refractivity contribution in [2.24, 2.45) is 0 Å². The number of thiophene rings is 1. The predicted octanol–water partition coefficient (Wildman–Crippen LogP) is 5.25. The SMILES string of the molecule is CCOc1ccc(C(Cl)c2cc(OC)cs2)cc1Br. The topological polar surface area (TPSA) is 18.5 Å². The van der Waals surface area contributed by atoms with Crippen molar-refractivity contribution in [3.63, 3.8) is 0 Å². The molecule has 0 fully saturated rings. The minimum atomic E-state index is -0.180. The van der Waals surface area contributed by atoms with Crippen LogP contribution in [0.2, 0.25) is 0 Å². The van der Waals surface area contributed by atoms with E-state index in [1.165, 1.54) is 0 Å². The molecule has 0 saturated heterocycles. The van der Waals surface area contributed by atoms with Crippen LogP contribution in [0.4, 0.5) is 0 Å². The molecule has 2 aromatic rings. The zero-order valence-corrected chi connectivity index (χ0v) is 13.8.